The second-order valence-electron chi connectivity index (χ2n) is 4.32. The summed E-state index contributed by atoms with van der Waals surface area (Å²) in [5, 5.41) is 13.0. The summed E-state index contributed by atoms with van der Waals surface area (Å²) in [7, 11) is 0. The Kier molecular flexibility index (Phi) is 4.51. The van der Waals surface area contributed by atoms with Crippen LogP contribution in [0.3, 0.4) is 0 Å². The fourth-order valence-electron chi connectivity index (χ4n) is 1.88. The molecule has 0 fully saturated rings. The molecule has 0 amide bonds. The first-order valence-electron chi connectivity index (χ1n) is 5.71. The maximum Gasteiger partial charge on any atom is 0.0629 e. The molecule has 0 aliphatic rings. The Balaban J connectivity index is 2.77. The number of hydrogen-bond acceptors (Lipinski definition) is 3. The zero-order valence-electron chi connectivity index (χ0n) is 10.3. The third kappa shape index (κ3) is 3.07. The molecule has 0 saturated heterocycles. The highest BCUT2D eigenvalue weighted by molar-refractivity contribution is 5.25. The minimum absolute atomic E-state index is 0.161. The van der Waals surface area contributed by atoms with Crippen LogP contribution in [-0.2, 0) is 13.0 Å². The average molecular weight is 220 g/mol. The van der Waals surface area contributed by atoms with Crippen LogP contribution >= 0.6 is 0 Å². The summed E-state index contributed by atoms with van der Waals surface area (Å²) >= 11 is 0. The predicted octanol–water partition coefficient (Wildman–Crippen LogP) is 1.69. The number of aromatic nitrogens is 2. The molecule has 1 atom stereocenters. The second kappa shape index (κ2) is 5.66. The van der Waals surface area contributed by atoms with Gasteiger partial charge in [-0.25, -0.2) is 0 Å². The maximum absolute atomic E-state index is 8.50. The van der Waals surface area contributed by atoms with Gasteiger partial charge in [-0.15, -0.1) is 0 Å². The van der Waals surface area contributed by atoms with Gasteiger partial charge in [0.15, 0.2) is 0 Å². The molecule has 0 radical (unpaired) electrons. The molecule has 1 heterocycles. The van der Waals surface area contributed by atoms with Crippen LogP contribution in [0.15, 0.2) is 0 Å². The van der Waals surface area contributed by atoms with E-state index in [4.69, 9.17) is 11.0 Å². The molecule has 88 valence electrons. The average Bonchev–Trinajstić information content (AvgIpc) is 2.46. The van der Waals surface area contributed by atoms with Crippen LogP contribution in [-0.4, -0.2) is 15.8 Å². The molecule has 0 spiro atoms. The van der Waals surface area contributed by atoms with Gasteiger partial charge < -0.3 is 5.73 Å². The lowest BCUT2D eigenvalue weighted by atomic mass is 10.1. The molecule has 0 aliphatic carbocycles. The monoisotopic (exact) mass is 220 g/mol. The van der Waals surface area contributed by atoms with Crippen LogP contribution < -0.4 is 5.73 Å². The Morgan fingerprint density at radius 2 is 2.19 bits per heavy atom. The van der Waals surface area contributed by atoms with Gasteiger partial charge in [-0.2, -0.15) is 10.4 Å². The number of unbranched alkanes of at least 4 members (excludes halogenated alkanes) is 1. The summed E-state index contributed by atoms with van der Waals surface area (Å²) in [5.74, 6) is 0. The highest BCUT2D eigenvalue weighted by Crippen LogP contribution is 2.15. The molecule has 1 unspecified atom stereocenters. The molecular formula is C12H20N4. The molecule has 0 saturated carbocycles. The topological polar surface area (TPSA) is 67.6 Å². The van der Waals surface area contributed by atoms with Crippen molar-refractivity contribution >= 4 is 0 Å². The van der Waals surface area contributed by atoms with Gasteiger partial charge in [0.25, 0.3) is 0 Å². The zero-order valence-corrected chi connectivity index (χ0v) is 10.3. The largest absolute Gasteiger partial charge is 0.328 e. The second-order valence-corrected chi connectivity index (χ2v) is 4.32. The normalized spacial score (nSPS) is 12.4. The van der Waals surface area contributed by atoms with E-state index in [1.165, 1.54) is 11.3 Å². The molecule has 4 nitrogen and oxygen atoms in total. The Bertz CT molecular complexity index is 384. The molecule has 0 bridgehead atoms. The number of nitriles is 1. The Labute approximate surface area is 97.1 Å². The maximum atomic E-state index is 8.50. The predicted molar refractivity (Wildman–Crippen MR) is 63.9 cm³/mol. The number of aryl methyl sites for hydroxylation is 2. The molecule has 2 N–H and O–H groups in total. The van der Waals surface area contributed by atoms with E-state index in [1.807, 2.05) is 18.5 Å². The summed E-state index contributed by atoms with van der Waals surface area (Å²) in [6.45, 7) is 6.92. The lowest BCUT2D eigenvalue weighted by Crippen LogP contribution is -2.18. The standard InChI is InChI=1S/C12H20N4/c1-9(14)8-12-10(2)15-16(11(12)3)7-5-4-6-13/h9H,4-5,7-8,14H2,1-3H3. The van der Waals surface area contributed by atoms with Crippen LogP contribution in [0.25, 0.3) is 0 Å². The molecule has 1 aromatic rings. The van der Waals surface area contributed by atoms with E-state index in [2.05, 4.69) is 18.1 Å². The molecule has 0 aromatic carbocycles. The van der Waals surface area contributed by atoms with Gasteiger partial charge in [-0.05, 0) is 39.2 Å². The van der Waals surface area contributed by atoms with E-state index >= 15 is 0 Å². The summed E-state index contributed by atoms with van der Waals surface area (Å²) in [4.78, 5) is 0. The highest BCUT2D eigenvalue weighted by Gasteiger charge is 2.12. The molecule has 0 aliphatic heterocycles. The fourth-order valence-corrected chi connectivity index (χ4v) is 1.88. The minimum Gasteiger partial charge on any atom is -0.328 e. The van der Waals surface area contributed by atoms with Crippen LogP contribution in [0.2, 0.25) is 0 Å². The van der Waals surface area contributed by atoms with Crippen molar-refractivity contribution in [2.75, 3.05) is 0 Å². The van der Waals surface area contributed by atoms with Gasteiger partial charge in [0, 0.05) is 24.7 Å². The molecule has 4 heteroatoms. The summed E-state index contributed by atoms with van der Waals surface area (Å²) < 4.78 is 1.99. The Hall–Kier alpha value is -1.34. The van der Waals surface area contributed by atoms with Crippen LogP contribution in [0.4, 0.5) is 0 Å². The Morgan fingerprint density at radius 3 is 2.75 bits per heavy atom. The van der Waals surface area contributed by atoms with Gasteiger partial charge in [-0.3, -0.25) is 4.68 Å². The minimum atomic E-state index is 0.161. The van der Waals surface area contributed by atoms with E-state index in [1.54, 1.807) is 0 Å². The SMILES string of the molecule is Cc1nn(CCCC#N)c(C)c1CC(C)N. The van der Waals surface area contributed by atoms with E-state index in [0.29, 0.717) is 6.42 Å². The van der Waals surface area contributed by atoms with Crippen molar-refractivity contribution in [1.29, 1.82) is 5.26 Å². The van der Waals surface area contributed by atoms with Crippen molar-refractivity contribution in [3.8, 4) is 6.07 Å². The van der Waals surface area contributed by atoms with Crippen molar-refractivity contribution in [3.63, 3.8) is 0 Å². The van der Waals surface area contributed by atoms with Crippen LogP contribution in [0, 0.1) is 25.2 Å². The van der Waals surface area contributed by atoms with Gasteiger partial charge in [0.1, 0.15) is 0 Å². The number of nitrogens with two attached hydrogens (primary N) is 1. The lowest BCUT2D eigenvalue weighted by Gasteiger charge is -2.06. The molecule has 1 rings (SSSR count). The van der Waals surface area contributed by atoms with Crippen LogP contribution in [0.5, 0.6) is 0 Å². The Morgan fingerprint density at radius 1 is 1.50 bits per heavy atom. The number of nitrogens with zero attached hydrogens (tertiary/aromatic N) is 3. The highest BCUT2D eigenvalue weighted by atomic mass is 15.3. The van der Waals surface area contributed by atoms with E-state index in [0.717, 1.165) is 25.1 Å². The number of hydrogen-bond donors (Lipinski definition) is 1. The van der Waals surface area contributed by atoms with Crippen molar-refractivity contribution in [2.24, 2.45) is 5.73 Å². The van der Waals surface area contributed by atoms with E-state index in [9.17, 15) is 0 Å². The molecular weight excluding hydrogens is 200 g/mol. The first-order valence-corrected chi connectivity index (χ1v) is 5.71. The van der Waals surface area contributed by atoms with Crippen molar-refractivity contribution in [1.82, 2.24) is 9.78 Å². The summed E-state index contributed by atoms with van der Waals surface area (Å²) in [6, 6.07) is 2.31. The fraction of sp³-hybridized carbons (Fsp3) is 0.667. The first-order chi connectivity index (χ1) is 7.56. The van der Waals surface area contributed by atoms with E-state index in [-0.39, 0.29) is 6.04 Å². The third-order valence-corrected chi connectivity index (χ3v) is 2.72. The quantitative estimate of drug-likeness (QED) is 0.768. The van der Waals surface area contributed by atoms with Gasteiger partial charge in [0.05, 0.1) is 11.8 Å². The summed E-state index contributed by atoms with van der Waals surface area (Å²) in [6.07, 6.45) is 2.31. The zero-order chi connectivity index (χ0) is 12.1. The van der Waals surface area contributed by atoms with Crippen molar-refractivity contribution < 1.29 is 0 Å². The van der Waals surface area contributed by atoms with Crippen molar-refractivity contribution in [3.05, 3.63) is 17.0 Å². The van der Waals surface area contributed by atoms with Gasteiger partial charge >= 0.3 is 0 Å². The lowest BCUT2D eigenvalue weighted by molar-refractivity contribution is 0.567. The smallest absolute Gasteiger partial charge is 0.0629 e. The first kappa shape index (κ1) is 12.7. The van der Waals surface area contributed by atoms with Gasteiger partial charge in [-0.1, -0.05) is 0 Å². The molecule has 1 aromatic heterocycles. The summed E-state index contributed by atoms with van der Waals surface area (Å²) in [5.41, 5.74) is 9.32. The van der Waals surface area contributed by atoms with E-state index < -0.39 is 0 Å². The van der Waals surface area contributed by atoms with Crippen LogP contribution in [0.1, 0.15) is 36.7 Å². The van der Waals surface area contributed by atoms with Gasteiger partial charge in [0.2, 0.25) is 0 Å². The molecule has 16 heavy (non-hydrogen) atoms. The number of rotatable bonds is 5. The van der Waals surface area contributed by atoms with Crippen molar-refractivity contribution in [2.45, 2.75) is 52.6 Å². The third-order valence-electron chi connectivity index (χ3n) is 2.72.